The molecule has 7 heteroatoms. The predicted molar refractivity (Wildman–Crippen MR) is 112 cm³/mol. The average molecular weight is 402 g/mol. The number of nitrogens with one attached hydrogen (secondary N) is 3. The highest BCUT2D eigenvalue weighted by atomic mass is 35.5. The van der Waals surface area contributed by atoms with E-state index in [1.807, 2.05) is 32.9 Å². The molecule has 28 heavy (non-hydrogen) atoms. The first kappa shape index (κ1) is 21.4. The Bertz CT molecular complexity index is 896. The number of rotatable bonds is 6. The molecule has 148 valence electrons. The number of anilines is 2. The van der Waals surface area contributed by atoms with Crippen molar-refractivity contribution in [1.82, 2.24) is 5.32 Å². The van der Waals surface area contributed by atoms with E-state index in [2.05, 4.69) is 16.0 Å². The van der Waals surface area contributed by atoms with Crippen LogP contribution in [0.1, 0.15) is 36.7 Å². The first-order valence-corrected chi connectivity index (χ1v) is 9.31. The minimum atomic E-state index is -0.721. The fourth-order valence-electron chi connectivity index (χ4n) is 2.69. The molecule has 0 bridgehead atoms. The molecule has 0 aliphatic heterocycles. The lowest BCUT2D eigenvalue weighted by atomic mass is 10.0. The maximum absolute atomic E-state index is 12.7. The molecule has 0 aliphatic rings. The molecule has 0 heterocycles. The third-order valence-electron chi connectivity index (χ3n) is 4.17. The summed E-state index contributed by atoms with van der Waals surface area (Å²) in [5.74, 6) is -1.01. The maximum Gasteiger partial charge on any atom is 0.252 e. The summed E-state index contributed by atoms with van der Waals surface area (Å²) in [6.45, 7) is 6.94. The van der Waals surface area contributed by atoms with E-state index in [9.17, 15) is 14.4 Å². The van der Waals surface area contributed by atoms with Gasteiger partial charge in [-0.15, -0.1) is 0 Å². The standard InChI is InChI=1S/C21H24ClN3O3/c1-12(2)19(25-20(27)16-8-6-5-7-13(16)3)21(28)24-15-9-10-18(17(22)11-15)23-14(4)26/h5-12,19H,1-4H3,(H,23,26)(H,24,28)(H,25,27). The molecule has 2 aromatic carbocycles. The van der Waals surface area contributed by atoms with Crippen molar-refractivity contribution < 1.29 is 14.4 Å². The molecule has 0 aromatic heterocycles. The van der Waals surface area contributed by atoms with Crippen LogP contribution in [0.25, 0.3) is 0 Å². The van der Waals surface area contributed by atoms with Crippen LogP contribution >= 0.6 is 11.6 Å². The molecule has 2 aromatic rings. The number of hydrogen-bond donors (Lipinski definition) is 3. The van der Waals surface area contributed by atoms with Crippen molar-refractivity contribution >= 4 is 40.7 Å². The lowest BCUT2D eigenvalue weighted by Gasteiger charge is -2.22. The van der Waals surface area contributed by atoms with E-state index >= 15 is 0 Å². The Kier molecular flexibility index (Phi) is 7.18. The van der Waals surface area contributed by atoms with Crippen LogP contribution < -0.4 is 16.0 Å². The molecule has 0 aliphatic carbocycles. The van der Waals surface area contributed by atoms with Crippen LogP contribution in [0, 0.1) is 12.8 Å². The van der Waals surface area contributed by atoms with Crippen molar-refractivity contribution in [2.75, 3.05) is 10.6 Å². The van der Waals surface area contributed by atoms with Gasteiger partial charge in [0, 0.05) is 18.2 Å². The molecule has 2 rings (SSSR count). The molecule has 6 nitrogen and oxygen atoms in total. The van der Waals surface area contributed by atoms with Gasteiger partial charge >= 0.3 is 0 Å². The maximum atomic E-state index is 12.7. The van der Waals surface area contributed by atoms with Gasteiger partial charge in [0.05, 0.1) is 10.7 Å². The number of carbonyl (C=O) groups is 3. The van der Waals surface area contributed by atoms with Crippen LogP contribution in [0.4, 0.5) is 11.4 Å². The van der Waals surface area contributed by atoms with Gasteiger partial charge in [-0.2, -0.15) is 0 Å². The van der Waals surface area contributed by atoms with Crippen LogP contribution in [0.3, 0.4) is 0 Å². The number of hydrogen-bond acceptors (Lipinski definition) is 3. The van der Waals surface area contributed by atoms with E-state index in [-0.39, 0.29) is 23.6 Å². The number of amides is 3. The summed E-state index contributed by atoms with van der Waals surface area (Å²) in [5, 5.41) is 8.48. The normalized spacial score (nSPS) is 11.6. The minimum absolute atomic E-state index is 0.123. The van der Waals surface area contributed by atoms with Gasteiger partial charge in [0.2, 0.25) is 11.8 Å². The molecule has 0 radical (unpaired) electrons. The van der Waals surface area contributed by atoms with Gasteiger partial charge < -0.3 is 16.0 Å². The number of benzene rings is 2. The van der Waals surface area contributed by atoms with Gasteiger partial charge in [-0.25, -0.2) is 0 Å². The molecule has 1 atom stereocenters. The van der Waals surface area contributed by atoms with Gasteiger partial charge in [0.25, 0.3) is 5.91 Å². The smallest absolute Gasteiger partial charge is 0.252 e. The molecule has 3 amide bonds. The summed E-state index contributed by atoms with van der Waals surface area (Å²) in [5.41, 5.74) is 2.30. The highest BCUT2D eigenvalue weighted by Gasteiger charge is 2.25. The Balaban J connectivity index is 2.13. The van der Waals surface area contributed by atoms with E-state index in [1.165, 1.54) is 6.92 Å². The Morgan fingerprint density at radius 3 is 2.25 bits per heavy atom. The second-order valence-corrected chi connectivity index (χ2v) is 7.28. The van der Waals surface area contributed by atoms with Crippen LogP contribution in [0.5, 0.6) is 0 Å². The van der Waals surface area contributed by atoms with Crippen molar-refractivity contribution in [3.8, 4) is 0 Å². The summed E-state index contributed by atoms with van der Waals surface area (Å²) in [6, 6.07) is 11.3. The van der Waals surface area contributed by atoms with E-state index in [4.69, 9.17) is 11.6 Å². The van der Waals surface area contributed by atoms with Crippen molar-refractivity contribution in [1.29, 1.82) is 0 Å². The highest BCUT2D eigenvalue weighted by Crippen LogP contribution is 2.25. The Labute approximate surface area is 169 Å². The monoisotopic (exact) mass is 401 g/mol. The van der Waals surface area contributed by atoms with Crippen LogP contribution in [0.2, 0.25) is 5.02 Å². The molecule has 0 spiro atoms. The fourth-order valence-corrected chi connectivity index (χ4v) is 2.91. The van der Waals surface area contributed by atoms with Crippen molar-refractivity contribution in [2.45, 2.75) is 33.7 Å². The number of carbonyl (C=O) groups excluding carboxylic acids is 3. The predicted octanol–water partition coefficient (Wildman–Crippen LogP) is 4.00. The van der Waals surface area contributed by atoms with E-state index in [0.29, 0.717) is 22.0 Å². The van der Waals surface area contributed by atoms with Gasteiger partial charge in [-0.1, -0.05) is 43.6 Å². The lowest BCUT2D eigenvalue weighted by molar-refractivity contribution is -0.119. The summed E-state index contributed by atoms with van der Waals surface area (Å²) in [6.07, 6.45) is 0. The largest absolute Gasteiger partial charge is 0.340 e. The Morgan fingerprint density at radius 1 is 1.00 bits per heavy atom. The Morgan fingerprint density at radius 2 is 1.68 bits per heavy atom. The van der Waals surface area contributed by atoms with Crippen LogP contribution in [0.15, 0.2) is 42.5 Å². The first-order chi connectivity index (χ1) is 13.2. The molecule has 0 saturated carbocycles. The third kappa shape index (κ3) is 5.57. The molecule has 0 fully saturated rings. The van der Waals surface area contributed by atoms with E-state index in [0.717, 1.165) is 5.56 Å². The molecule has 3 N–H and O–H groups in total. The zero-order chi connectivity index (χ0) is 20.8. The summed E-state index contributed by atoms with van der Waals surface area (Å²) >= 11 is 6.15. The average Bonchev–Trinajstić information content (AvgIpc) is 2.61. The van der Waals surface area contributed by atoms with Crippen LogP contribution in [-0.2, 0) is 9.59 Å². The molecular weight excluding hydrogens is 378 g/mol. The van der Waals surface area contributed by atoms with Crippen molar-refractivity contribution in [2.24, 2.45) is 5.92 Å². The molecule has 1 unspecified atom stereocenters. The second kappa shape index (κ2) is 9.37. The van der Waals surface area contributed by atoms with Crippen molar-refractivity contribution in [3.63, 3.8) is 0 Å². The zero-order valence-corrected chi connectivity index (χ0v) is 17.1. The highest BCUT2D eigenvalue weighted by molar-refractivity contribution is 6.34. The number of aryl methyl sites for hydroxylation is 1. The summed E-state index contributed by atoms with van der Waals surface area (Å²) in [4.78, 5) is 36.5. The summed E-state index contributed by atoms with van der Waals surface area (Å²) < 4.78 is 0. The van der Waals surface area contributed by atoms with E-state index < -0.39 is 6.04 Å². The molecule has 0 saturated heterocycles. The zero-order valence-electron chi connectivity index (χ0n) is 16.3. The lowest BCUT2D eigenvalue weighted by Crippen LogP contribution is -2.47. The van der Waals surface area contributed by atoms with Crippen molar-refractivity contribution in [3.05, 3.63) is 58.6 Å². The number of halogens is 1. The third-order valence-corrected chi connectivity index (χ3v) is 4.49. The van der Waals surface area contributed by atoms with E-state index in [1.54, 1.807) is 30.3 Å². The van der Waals surface area contributed by atoms with Crippen LogP contribution in [-0.4, -0.2) is 23.8 Å². The summed E-state index contributed by atoms with van der Waals surface area (Å²) in [7, 11) is 0. The molecular formula is C21H24ClN3O3. The SMILES string of the molecule is CC(=O)Nc1ccc(NC(=O)C(NC(=O)c2ccccc2C)C(C)C)cc1Cl. The fraction of sp³-hybridized carbons (Fsp3) is 0.286. The van der Waals surface area contributed by atoms with Gasteiger partial charge in [-0.05, 0) is 42.7 Å². The first-order valence-electron chi connectivity index (χ1n) is 8.93. The van der Waals surface area contributed by atoms with Gasteiger partial charge in [0.1, 0.15) is 6.04 Å². The Hall–Kier alpha value is -2.86. The quantitative estimate of drug-likeness (QED) is 0.683. The minimum Gasteiger partial charge on any atom is -0.340 e. The van der Waals surface area contributed by atoms with Gasteiger partial charge in [-0.3, -0.25) is 14.4 Å². The second-order valence-electron chi connectivity index (χ2n) is 6.88. The topological polar surface area (TPSA) is 87.3 Å². The van der Waals surface area contributed by atoms with Gasteiger partial charge in [0.15, 0.2) is 0 Å².